The van der Waals surface area contributed by atoms with Crippen LogP contribution in [-0.2, 0) is 9.47 Å². The lowest BCUT2D eigenvalue weighted by molar-refractivity contribution is 0.139. The Morgan fingerprint density at radius 1 is 1.05 bits per heavy atom. The van der Waals surface area contributed by atoms with Gasteiger partial charge in [0.2, 0.25) is 0 Å². The third kappa shape index (κ3) is 5.14. The molecule has 0 aromatic carbocycles. The predicted octanol–water partition coefficient (Wildman–Crippen LogP) is 4.74. The van der Waals surface area contributed by atoms with Crippen LogP contribution in [-0.4, -0.2) is 13.2 Å². The van der Waals surface area contributed by atoms with Crippen molar-refractivity contribution in [2.45, 2.75) is 52.4 Å². The molecule has 106 valence electrons. The summed E-state index contributed by atoms with van der Waals surface area (Å²) >= 11 is 0. The second-order valence-corrected chi connectivity index (χ2v) is 5.75. The van der Waals surface area contributed by atoms with E-state index in [-0.39, 0.29) is 0 Å². The van der Waals surface area contributed by atoms with Gasteiger partial charge < -0.3 is 9.47 Å². The van der Waals surface area contributed by atoms with Crippen LogP contribution in [0.4, 0.5) is 0 Å². The summed E-state index contributed by atoms with van der Waals surface area (Å²) in [4.78, 5) is 0. The highest BCUT2D eigenvalue weighted by Gasteiger charge is 2.10. The van der Waals surface area contributed by atoms with Crippen molar-refractivity contribution in [3.63, 3.8) is 0 Å². The fourth-order valence-electron chi connectivity index (χ4n) is 2.38. The highest BCUT2D eigenvalue weighted by atomic mass is 16.5. The summed E-state index contributed by atoms with van der Waals surface area (Å²) in [5, 5.41) is 0. The lowest BCUT2D eigenvalue weighted by Crippen LogP contribution is -2.06. The van der Waals surface area contributed by atoms with E-state index in [0.29, 0.717) is 0 Å². The van der Waals surface area contributed by atoms with Crippen molar-refractivity contribution in [1.82, 2.24) is 0 Å². The zero-order valence-electron chi connectivity index (χ0n) is 12.3. The Bertz CT molecular complexity index is 377. The molecule has 19 heavy (non-hydrogen) atoms. The van der Waals surface area contributed by atoms with Crippen LogP contribution in [0.1, 0.15) is 52.4 Å². The van der Waals surface area contributed by atoms with Crippen molar-refractivity contribution >= 4 is 0 Å². The minimum Gasteiger partial charge on any atom is -0.498 e. The molecule has 0 heterocycles. The fraction of sp³-hybridized carbons (Fsp3) is 0.647. The van der Waals surface area contributed by atoms with Crippen molar-refractivity contribution in [2.75, 3.05) is 13.2 Å². The minimum atomic E-state index is 0.766. The van der Waals surface area contributed by atoms with E-state index in [1.165, 1.54) is 24.2 Å². The quantitative estimate of drug-likeness (QED) is 0.644. The van der Waals surface area contributed by atoms with Crippen LogP contribution in [0.2, 0.25) is 0 Å². The first-order valence-electron chi connectivity index (χ1n) is 7.55. The van der Waals surface area contributed by atoms with E-state index >= 15 is 0 Å². The first-order chi connectivity index (χ1) is 9.24. The molecule has 0 saturated heterocycles. The molecule has 0 bridgehead atoms. The van der Waals surface area contributed by atoms with Crippen LogP contribution in [0.15, 0.2) is 35.3 Å². The van der Waals surface area contributed by atoms with E-state index in [0.717, 1.165) is 50.6 Å². The summed E-state index contributed by atoms with van der Waals surface area (Å²) < 4.78 is 11.5. The number of allylic oxidation sites excluding steroid dienone is 6. The molecule has 2 heteroatoms. The van der Waals surface area contributed by atoms with E-state index in [9.17, 15) is 0 Å². The van der Waals surface area contributed by atoms with Crippen LogP contribution in [0.5, 0.6) is 0 Å². The molecule has 1 unspecified atom stereocenters. The molecule has 0 aliphatic heterocycles. The monoisotopic (exact) mass is 262 g/mol. The van der Waals surface area contributed by atoms with Gasteiger partial charge in [-0.1, -0.05) is 18.6 Å². The smallest absolute Gasteiger partial charge is 0.0962 e. The summed E-state index contributed by atoms with van der Waals surface area (Å²) in [7, 11) is 0. The highest BCUT2D eigenvalue weighted by molar-refractivity contribution is 5.19. The molecule has 0 aromatic rings. The van der Waals surface area contributed by atoms with Crippen molar-refractivity contribution < 1.29 is 9.47 Å². The number of ether oxygens (including phenoxy) is 2. The third-order valence-corrected chi connectivity index (χ3v) is 3.81. The van der Waals surface area contributed by atoms with Gasteiger partial charge in [-0.2, -0.15) is 0 Å². The van der Waals surface area contributed by atoms with Crippen molar-refractivity contribution in [2.24, 2.45) is 5.92 Å². The maximum atomic E-state index is 5.79. The van der Waals surface area contributed by atoms with E-state index in [1.807, 2.05) is 0 Å². The van der Waals surface area contributed by atoms with Crippen LogP contribution >= 0.6 is 0 Å². The highest BCUT2D eigenvalue weighted by Crippen LogP contribution is 2.23. The van der Waals surface area contributed by atoms with Crippen molar-refractivity contribution in [3.05, 3.63) is 35.3 Å². The van der Waals surface area contributed by atoms with Gasteiger partial charge in [0.25, 0.3) is 0 Å². The summed E-state index contributed by atoms with van der Waals surface area (Å²) in [6.07, 6.45) is 13.2. The summed E-state index contributed by atoms with van der Waals surface area (Å²) in [6.45, 7) is 6.01. The first kappa shape index (κ1) is 14.2. The molecular formula is C17H26O2. The molecular weight excluding hydrogens is 236 g/mol. The van der Waals surface area contributed by atoms with E-state index < -0.39 is 0 Å². The van der Waals surface area contributed by atoms with Gasteiger partial charge in [-0.25, -0.2) is 0 Å². The first-order valence-corrected chi connectivity index (χ1v) is 7.55. The molecule has 2 aliphatic rings. The van der Waals surface area contributed by atoms with Crippen LogP contribution in [0.25, 0.3) is 0 Å². The van der Waals surface area contributed by atoms with Gasteiger partial charge in [-0.15, -0.1) is 0 Å². The van der Waals surface area contributed by atoms with E-state index in [2.05, 4.69) is 32.1 Å². The van der Waals surface area contributed by atoms with Gasteiger partial charge in [0.1, 0.15) is 0 Å². The van der Waals surface area contributed by atoms with Gasteiger partial charge in [0, 0.05) is 19.3 Å². The van der Waals surface area contributed by atoms with E-state index in [4.69, 9.17) is 9.47 Å². The number of rotatable bonds is 6. The van der Waals surface area contributed by atoms with Gasteiger partial charge in [0.05, 0.1) is 24.7 Å². The Kier molecular flexibility index (Phi) is 5.56. The lowest BCUT2D eigenvalue weighted by atomic mass is 9.95. The SMILES string of the molecule is CC1=CC=C(OCCCOC2=CCC(C)CC2)CC1. The second kappa shape index (κ2) is 7.42. The topological polar surface area (TPSA) is 18.5 Å². The zero-order chi connectivity index (χ0) is 13.5. The molecule has 2 aliphatic carbocycles. The molecule has 0 saturated carbocycles. The Balaban J connectivity index is 1.55. The Morgan fingerprint density at radius 2 is 1.84 bits per heavy atom. The molecule has 0 aromatic heterocycles. The van der Waals surface area contributed by atoms with Gasteiger partial charge in [0.15, 0.2) is 0 Å². The van der Waals surface area contributed by atoms with Gasteiger partial charge in [-0.3, -0.25) is 0 Å². The molecule has 0 N–H and O–H groups in total. The minimum absolute atomic E-state index is 0.766. The predicted molar refractivity (Wildman–Crippen MR) is 78.7 cm³/mol. The van der Waals surface area contributed by atoms with Crippen LogP contribution in [0, 0.1) is 5.92 Å². The summed E-state index contributed by atoms with van der Waals surface area (Å²) in [5.74, 6) is 3.13. The van der Waals surface area contributed by atoms with Crippen LogP contribution in [0.3, 0.4) is 0 Å². The molecule has 2 nitrogen and oxygen atoms in total. The molecule has 0 fully saturated rings. The molecule has 0 radical (unpaired) electrons. The summed E-state index contributed by atoms with van der Waals surface area (Å²) in [5.41, 5.74) is 1.44. The fourth-order valence-corrected chi connectivity index (χ4v) is 2.38. The zero-order valence-corrected chi connectivity index (χ0v) is 12.3. The molecule has 0 amide bonds. The number of hydrogen-bond donors (Lipinski definition) is 0. The third-order valence-electron chi connectivity index (χ3n) is 3.81. The average Bonchev–Trinajstić information content (AvgIpc) is 2.43. The normalized spacial score (nSPS) is 23.3. The van der Waals surface area contributed by atoms with Gasteiger partial charge >= 0.3 is 0 Å². The van der Waals surface area contributed by atoms with Gasteiger partial charge in [-0.05, 0) is 44.3 Å². The van der Waals surface area contributed by atoms with Crippen molar-refractivity contribution in [3.8, 4) is 0 Å². The standard InChI is InChI=1S/C17H26O2/c1-14-4-8-16(9-5-14)18-12-3-13-19-17-10-6-15(2)7-11-17/h4,8,10,15H,3,5-7,9,11-13H2,1-2H3. The maximum absolute atomic E-state index is 5.79. The van der Waals surface area contributed by atoms with Crippen molar-refractivity contribution in [1.29, 1.82) is 0 Å². The Hall–Kier alpha value is -1.18. The van der Waals surface area contributed by atoms with Crippen LogP contribution < -0.4 is 0 Å². The molecule has 1 atom stereocenters. The Morgan fingerprint density at radius 3 is 2.47 bits per heavy atom. The largest absolute Gasteiger partial charge is 0.498 e. The summed E-state index contributed by atoms with van der Waals surface area (Å²) in [6, 6.07) is 0. The second-order valence-electron chi connectivity index (χ2n) is 5.75. The molecule has 0 spiro atoms. The Labute approximate surface area is 117 Å². The lowest BCUT2D eigenvalue weighted by Gasteiger charge is -2.19. The molecule has 2 rings (SSSR count). The van der Waals surface area contributed by atoms with E-state index in [1.54, 1.807) is 0 Å². The maximum Gasteiger partial charge on any atom is 0.0962 e. The number of hydrogen-bond acceptors (Lipinski definition) is 2. The average molecular weight is 262 g/mol.